The molecule has 0 fully saturated rings. The van der Waals surface area contributed by atoms with Gasteiger partial charge < -0.3 is 15.4 Å². The van der Waals surface area contributed by atoms with Crippen molar-refractivity contribution in [1.29, 1.82) is 0 Å². The number of hydrogen-bond donors (Lipinski definition) is 2. The number of fused-ring (bicyclic) bond motifs is 1. The Hall–Kier alpha value is -3.28. The number of nitrogens with zero attached hydrogens (tertiary/aromatic N) is 3. The minimum Gasteiger partial charge on any atom is -0.488 e. The fourth-order valence-corrected chi connectivity index (χ4v) is 3.50. The van der Waals surface area contributed by atoms with Crippen molar-refractivity contribution in [2.75, 3.05) is 13.1 Å². The molecule has 150 valence electrons. The molecule has 1 aliphatic rings. The van der Waals surface area contributed by atoms with Crippen LogP contribution in [0.1, 0.15) is 23.6 Å². The van der Waals surface area contributed by atoms with Gasteiger partial charge in [0.25, 0.3) is 0 Å². The molecule has 1 aromatic heterocycles. The number of hydrogen-bond acceptors (Lipinski definition) is 3. The molecule has 6 heteroatoms. The van der Waals surface area contributed by atoms with Crippen molar-refractivity contribution in [2.45, 2.75) is 32.5 Å². The zero-order chi connectivity index (χ0) is 19.9. The van der Waals surface area contributed by atoms with Gasteiger partial charge in [0.05, 0.1) is 19.6 Å². The highest BCUT2D eigenvalue weighted by atomic mass is 16.5. The molecule has 1 unspecified atom stereocenters. The van der Waals surface area contributed by atoms with Gasteiger partial charge in [-0.2, -0.15) is 5.10 Å². The van der Waals surface area contributed by atoms with Gasteiger partial charge >= 0.3 is 0 Å². The molecule has 2 aromatic carbocycles. The Morgan fingerprint density at radius 2 is 2.03 bits per heavy atom. The highest BCUT2D eigenvalue weighted by Gasteiger charge is 2.22. The molecule has 2 heterocycles. The predicted octanol–water partition coefficient (Wildman–Crippen LogP) is 2.99. The normalized spacial score (nSPS) is 15.6. The molecular weight excluding hydrogens is 362 g/mol. The Labute approximate surface area is 171 Å². The van der Waals surface area contributed by atoms with Crippen molar-refractivity contribution < 1.29 is 4.74 Å². The van der Waals surface area contributed by atoms with E-state index < -0.39 is 0 Å². The average molecular weight is 390 g/mol. The van der Waals surface area contributed by atoms with Crippen LogP contribution in [0.15, 0.2) is 72.0 Å². The van der Waals surface area contributed by atoms with Gasteiger partial charge in [0.1, 0.15) is 11.9 Å². The molecule has 0 saturated heterocycles. The van der Waals surface area contributed by atoms with Crippen molar-refractivity contribution >= 4 is 5.96 Å². The fourth-order valence-electron chi connectivity index (χ4n) is 3.50. The van der Waals surface area contributed by atoms with Gasteiger partial charge in [-0.3, -0.25) is 4.68 Å². The van der Waals surface area contributed by atoms with Crippen LogP contribution >= 0.6 is 0 Å². The summed E-state index contributed by atoms with van der Waals surface area (Å²) < 4.78 is 7.93. The van der Waals surface area contributed by atoms with Gasteiger partial charge in [-0.1, -0.05) is 42.5 Å². The maximum Gasteiger partial charge on any atom is 0.191 e. The van der Waals surface area contributed by atoms with E-state index in [4.69, 9.17) is 9.73 Å². The number of ether oxygens (including phenoxy) is 1. The van der Waals surface area contributed by atoms with Gasteiger partial charge in [-0.15, -0.1) is 0 Å². The van der Waals surface area contributed by atoms with Gasteiger partial charge in [0, 0.05) is 25.4 Å². The molecule has 0 bridgehead atoms. The van der Waals surface area contributed by atoms with E-state index in [0.29, 0.717) is 6.54 Å². The molecule has 1 aliphatic heterocycles. The number of aliphatic imine (C=N–C) groups is 1. The first kappa shape index (κ1) is 19.1. The highest BCUT2D eigenvalue weighted by molar-refractivity contribution is 5.79. The number of benzene rings is 2. The number of aromatic nitrogens is 2. The molecule has 6 nitrogen and oxygen atoms in total. The van der Waals surface area contributed by atoms with E-state index in [1.807, 2.05) is 29.1 Å². The topological polar surface area (TPSA) is 63.5 Å². The van der Waals surface area contributed by atoms with Crippen LogP contribution < -0.4 is 15.4 Å². The summed E-state index contributed by atoms with van der Waals surface area (Å²) in [7, 11) is 0. The summed E-state index contributed by atoms with van der Waals surface area (Å²) in [6.45, 7) is 5.00. The van der Waals surface area contributed by atoms with E-state index in [1.165, 1.54) is 16.7 Å². The van der Waals surface area contributed by atoms with Crippen LogP contribution in [0.5, 0.6) is 5.75 Å². The van der Waals surface area contributed by atoms with E-state index in [1.54, 1.807) is 6.20 Å². The standard InChI is InChI=1S/C23H27N5O/c1-2-24-23(26-16-21-14-20-9-3-4-10-22(20)29-21)25-15-18-7-5-8-19(13-18)17-28-12-6-11-27-28/h3-13,21H,2,14-17H2,1H3,(H2,24,25,26). The van der Waals surface area contributed by atoms with Crippen LogP contribution in [0.2, 0.25) is 0 Å². The van der Waals surface area contributed by atoms with Gasteiger partial charge in [-0.25, -0.2) is 4.99 Å². The number of rotatable bonds is 7. The van der Waals surface area contributed by atoms with Crippen LogP contribution in [0.3, 0.4) is 0 Å². The Kier molecular flexibility index (Phi) is 6.10. The third-order valence-corrected chi connectivity index (χ3v) is 4.87. The summed E-state index contributed by atoms with van der Waals surface area (Å²) in [5.74, 6) is 1.81. The number of nitrogens with one attached hydrogen (secondary N) is 2. The van der Waals surface area contributed by atoms with Crippen LogP contribution in [-0.4, -0.2) is 34.9 Å². The predicted molar refractivity (Wildman–Crippen MR) is 115 cm³/mol. The van der Waals surface area contributed by atoms with Crippen LogP contribution in [-0.2, 0) is 19.5 Å². The molecule has 0 saturated carbocycles. The van der Waals surface area contributed by atoms with Crippen LogP contribution in [0, 0.1) is 0 Å². The van der Waals surface area contributed by atoms with E-state index in [-0.39, 0.29) is 6.10 Å². The lowest BCUT2D eigenvalue weighted by Gasteiger charge is -2.15. The zero-order valence-corrected chi connectivity index (χ0v) is 16.7. The van der Waals surface area contributed by atoms with Gasteiger partial charge in [0.15, 0.2) is 5.96 Å². The first-order chi connectivity index (χ1) is 14.3. The Morgan fingerprint density at radius 3 is 2.86 bits per heavy atom. The smallest absolute Gasteiger partial charge is 0.191 e. The Morgan fingerprint density at radius 1 is 1.14 bits per heavy atom. The number of guanidine groups is 1. The summed E-state index contributed by atoms with van der Waals surface area (Å²) in [6, 6.07) is 18.7. The van der Waals surface area contributed by atoms with E-state index in [2.05, 4.69) is 59.1 Å². The van der Waals surface area contributed by atoms with E-state index in [0.717, 1.165) is 37.8 Å². The zero-order valence-electron chi connectivity index (χ0n) is 16.7. The summed E-state index contributed by atoms with van der Waals surface area (Å²) >= 11 is 0. The van der Waals surface area contributed by atoms with Crippen LogP contribution in [0.25, 0.3) is 0 Å². The van der Waals surface area contributed by atoms with Crippen molar-refractivity contribution in [3.63, 3.8) is 0 Å². The molecule has 0 amide bonds. The Bertz CT molecular complexity index is 926. The summed E-state index contributed by atoms with van der Waals surface area (Å²) in [5, 5.41) is 11.0. The summed E-state index contributed by atoms with van der Waals surface area (Å²) in [5.41, 5.74) is 3.67. The minimum absolute atomic E-state index is 0.133. The minimum atomic E-state index is 0.133. The van der Waals surface area contributed by atoms with Crippen molar-refractivity contribution in [2.24, 2.45) is 4.99 Å². The summed E-state index contributed by atoms with van der Waals surface area (Å²) in [6.07, 6.45) is 4.84. The third-order valence-electron chi connectivity index (χ3n) is 4.87. The largest absolute Gasteiger partial charge is 0.488 e. The summed E-state index contributed by atoms with van der Waals surface area (Å²) in [4.78, 5) is 4.75. The molecule has 3 aromatic rings. The third kappa shape index (κ3) is 5.16. The lowest BCUT2D eigenvalue weighted by molar-refractivity contribution is 0.235. The maximum absolute atomic E-state index is 6.01. The van der Waals surface area contributed by atoms with Crippen molar-refractivity contribution in [1.82, 2.24) is 20.4 Å². The second-order valence-corrected chi connectivity index (χ2v) is 7.15. The molecule has 2 N–H and O–H groups in total. The lowest BCUT2D eigenvalue weighted by Crippen LogP contribution is -2.42. The fraction of sp³-hybridized carbons (Fsp3) is 0.304. The first-order valence-corrected chi connectivity index (χ1v) is 10.1. The Balaban J connectivity index is 1.34. The van der Waals surface area contributed by atoms with E-state index >= 15 is 0 Å². The number of para-hydroxylation sites is 1. The molecule has 0 aliphatic carbocycles. The van der Waals surface area contributed by atoms with Crippen molar-refractivity contribution in [3.8, 4) is 5.75 Å². The second-order valence-electron chi connectivity index (χ2n) is 7.15. The van der Waals surface area contributed by atoms with Gasteiger partial charge in [-0.05, 0) is 35.7 Å². The molecule has 4 rings (SSSR count). The molecule has 0 spiro atoms. The van der Waals surface area contributed by atoms with E-state index in [9.17, 15) is 0 Å². The molecule has 1 atom stereocenters. The van der Waals surface area contributed by atoms with Crippen LogP contribution in [0.4, 0.5) is 0 Å². The maximum atomic E-state index is 6.01. The average Bonchev–Trinajstić information content (AvgIpc) is 3.39. The SMILES string of the molecule is CCNC(=NCc1cccc(Cn2cccn2)c1)NCC1Cc2ccccc2O1. The monoisotopic (exact) mass is 389 g/mol. The molecule has 29 heavy (non-hydrogen) atoms. The van der Waals surface area contributed by atoms with Crippen molar-refractivity contribution in [3.05, 3.63) is 83.7 Å². The molecular formula is C23H27N5O. The first-order valence-electron chi connectivity index (χ1n) is 10.1. The quantitative estimate of drug-likeness (QED) is 0.482. The van der Waals surface area contributed by atoms with Gasteiger partial charge in [0.2, 0.25) is 0 Å². The second kappa shape index (κ2) is 9.28. The molecule has 0 radical (unpaired) electrons. The lowest BCUT2D eigenvalue weighted by atomic mass is 10.1. The highest BCUT2D eigenvalue weighted by Crippen LogP contribution is 2.27.